The van der Waals surface area contributed by atoms with E-state index in [0.29, 0.717) is 18.4 Å². The number of halogens is 1. The predicted octanol–water partition coefficient (Wildman–Crippen LogP) is 2.86. The lowest BCUT2D eigenvalue weighted by Gasteiger charge is -2.29. The molecule has 1 aliphatic rings. The van der Waals surface area contributed by atoms with Gasteiger partial charge in [0, 0.05) is 19.6 Å². The molecule has 1 nitrogen and oxygen atoms in total. The topological polar surface area (TPSA) is 3.24 Å². The fraction of sp³-hybridized carbons (Fsp3) is 1.00. The molecule has 0 spiro atoms. The number of nitrogens with zero attached hydrogens (tertiary/aromatic N) is 1. The fourth-order valence-electron chi connectivity index (χ4n) is 1.87. The summed E-state index contributed by atoms with van der Waals surface area (Å²) in [5, 5.41) is 0. The van der Waals surface area contributed by atoms with Gasteiger partial charge < -0.3 is 0 Å². The second kappa shape index (κ2) is 3.56. The summed E-state index contributed by atoms with van der Waals surface area (Å²) in [6.45, 7) is 11.0. The van der Waals surface area contributed by atoms with Crippen LogP contribution in [0.4, 0.5) is 4.39 Å². The van der Waals surface area contributed by atoms with Crippen LogP contribution in [0, 0.1) is 5.41 Å². The van der Waals surface area contributed by atoms with E-state index in [-0.39, 0.29) is 0 Å². The second-order valence-corrected chi connectivity index (χ2v) is 5.39. The van der Waals surface area contributed by atoms with E-state index >= 15 is 0 Å². The molecule has 0 aromatic rings. The molecule has 1 atom stereocenters. The molecule has 0 aromatic heterocycles. The fourth-order valence-corrected chi connectivity index (χ4v) is 1.87. The minimum Gasteiger partial charge on any atom is -0.300 e. The van der Waals surface area contributed by atoms with Crippen molar-refractivity contribution in [3.63, 3.8) is 0 Å². The first-order valence-corrected chi connectivity index (χ1v) is 5.26. The quantitative estimate of drug-likeness (QED) is 0.656. The molecule has 78 valence electrons. The predicted molar refractivity (Wildman–Crippen MR) is 54.6 cm³/mol. The highest BCUT2D eigenvalue weighted by Gasteiger charge is 2.35. The zero-order valence-corrected chi connectivity index (χ0v) is 9.36. The lowest BCUT2D eigenvalue weighted by molar-refractivity contribution is 0.156. The Kier molecular flexibility index (Phi) is 3.01. The van der Waals surface area contributed by atoms with Gasteiger partial charge in [-0.2, -0.15) is 0 Å². The van der Waals surface area contributed by atoms with E-state index in [9.17, 15) is 4.39 Å². The smallest absolute Gasteiger partial charge is 0.122 e. The average molecular weight is 187 g/mol. The largest absolute Gasteiger partial charge is 0.300 e. The highest BCUT2D eigenvalue weighted by Crippen LogP contribution is 2.29. The molecule has 1 rings (SSSR count). The van der Waals surface area contributed by atoms with E-state index in [1.807, 2.05) is 0 Å². The van der Waals surface area contributed by atoms with Crippen molar-refractivity contribution in [2.75, 3.05) is 19.6 Å². The monoisotopic (exact) mass is 187 g/mol. The third kappa shape index (κ3) is 3.26. The molecule has 1 aliphatic heterocycles. The third-order valence-corrected chi connectivity index (χ3v) is 3.11. The van der Waals surface area contributed by atoms with Crippen LogP contribution in [0.15, 0.2) is 0 Å². The summed E-state index contributed by atoms with van der Waals surface area (Å²) >= 11 is 0. The number of hydrogen-bond donors (Lipinski definition) is 0. The van der Waals surface area contributed by atoms with Crippen LogP contribution in [0.3, 0.4) is 0 Å². The summed E-state index contributed by atoms with van der Waals surface area (Å²) in [5.41, 5.74) is -0.607. The van der Waals surface area contributed by atoms with Crippen molar-refractivity contribution in [1.29, 1.82) is 0 Å². The minimum atomic E-state index is -0.941. The van der Waals surface area contributed by atoms with Crippen LogP contribution in [0.1, 0.15) is 40.5 Å². The Hall–Kier alpha value is -0.110. The molecule has 1 heterocycles. The van der Waals surface area contributed by atoms with Gasteiger partial charge in [0.1, 0.15) is 5.67 Å². The van der Waals surface area contributed by atoms with Crippen molar-refractivity contribution >= 4 is 0 Å². The van der Waals surface area contributed by atoms with E-state index in [4.69, 9.17) is 0 Å². The number of likely N-dealkylation sites (tertiary alicyclic amines) is 1. The molecule has 1 fully saturated rings. The Morgan fingerprint density at radius 3 is 2.46 bits per heavy atom. The minimum absolute atomic E-state index is 0.334. The van der Waals surface area contributed by atoms with Gasteiger partial charge in [0.15, 0.2) is 0 Å². The van der Waals surface area contributed by atoms with Gasteiger partial charge in [0.2, 0.25) is 0 Å². The third-order valence-electron chi connectivity index (χ3n) is 3.11. The molecule has 0 aliphatic carbocycles. The van der Waals surface area contributed by atoms with Crippen molar-refractivity contribution in [1.82, 2.24) is 4.90 Å². The maximum Gasteiger partial charge on any atom is 0.122 e. The first-order chi connectivity index (χ1) is 5.85. The van der Waals surface area contributed by atoms with Gasteiger partial charge in [-0.25, -0.2) is 4.39 Å². The lowest BCUT2D eigenvalue weighted by Crippen LogP contribution is -2.34. The molecular formula is C11H22FN. The molecular weight excluding hydrogens is 165 g/mol. The first-order valence-electron chi connectivity index (χ1n) is 5.26. The Morgan fingerprint density at radius 2 is 2.08 bits per heavy atom. The normalized spacial score (nSPS) is 31.2. The average Bonchev–Trinajstić information content (AvgIpc) is 2.29. The van der Waals surface area contributed by atoms with Crippen LogP contribution in [0.25, 0.3) is 0 Å². The standard InChI is InChI=1S/C11H22FN/c1-5-10(2,3)8-13-7-6-11(4,12)9-13/h5-9H2,1-4H3. The van der Waals surface area contributed by atoms with Crippen LogP contribution >= 0.6 is 0 Å². The summed E-state index contributed by atoms with van der Waals surface area (Å²) in [6, 6.07) is 0. The molecule has 0 saturated carbocycles. The maximum absolute atomic E-state index is 13.5. The van der Waals surface area contributed by atoms with Crippen LogP contribution in [-0.2, 0) is 0 Å². The van der Waals surface area contributed by atoms with Crippen molar-refractivity contribution in [2.24, 2.45) is 5.41 Å². The Labute approximate surface area is 81.3 Å². The van der Waals surface area contributed by atoms with Crippen LogP contribution in [0.5, 0.6) is 0 Å². The van der Waals surface area contributed by atoms with Gasteiger partial charge in [0.25, 0.3) is 0 Å². The molecule has 0 radical (unpaired) electrons. The van der Waals surface area contributed by atoms with Gasteiger partial charge in [0.05, 0.1) is 0 Å². The molecule has 2 heteroatoms. The van der Waals surface area contributed by atoms with E-state index in [1.54, 1.807) is 6.92 Å². The molecule has 1 unspecified atom stereocenters. The Balaban J connectivity index is 2.40. The Morgan fingerprint density at radius 1 is 1.46 bits per heavy atom. The van der Waals surface area contributed by atoms with Crippen molar-refractivity contribution < 1.29 is 4.39 Å². The zero-order chi connectivity index (χ0) is 10.1. The van der Waals surface area contributed by atoms with E-state index in [0.717, 1.165) is 19.5 Å². The molecule has 0 aromatic carbocycles. The second-order valence-electron chi connectivity index (χ2n) is 5.39. The summed E-state index contributed by atoms with van der Waals surface area (Å²) < 4.78 is 13.5. The van der Waals surface area contributed by atoms with E-state index < -0.39 is 5.67 Å². The zero-order valence-electron chi connectivity index (χ0n) is 9.36. The van der Waals surface area contributed by atoms with Gasteiger partial charge in [-0.1, -0.05) is 20.8 Å². The summed E-state index contributed by atoms with van der Waals surface area (Å²) in [4.78, 5) is 2.25. The molecule has 13 heavy (non-hydrogen) atoms. The maximum atomic E-state index is 13.5. The SMILES string of the molecule is CCC(C)(C)CN1CCC(C)(F)C1. The molecule has 1 saturated heterocycles. The van der Waals surface area contributed by atoms with Crippen LogP contribution < -0.4 is 0 Å². The highest BCUT2D eigenvalue weighted by molar-refractivity contribution is 4.88. The summed E-state index contributed by atoms with van der Waals surface area (Å²) in [6.07, 6.45) is 1.86. The van der Waals surface area contributed by atoms with Crippen molar-refractivity contribution in [3.8, 4) is 0 Å². The van der Waals surface area contributed by atoms with Gasteiger partial charge in [-0.3, -0.25) is 4.90 Å². The number of alkyl halides is 1. The lowest BCUT2D eigenvalue weighted by atomic mass is 9.90. The van der Waals surface area contributed by atoms with Crippen molar-refractivity contribution in [2.45, 2.75) is 46.2 Å². The Bertz CT molecular complexity index is 175. The van der Waals surface area contributed by atoms with E-state index in [2.05, 4.69) is 25.7 Å². The van der Waals surface area contributed by atoms with Crippen LogP contribution in [-0.4, -0.2) is 30.2 Å². The summed E-state index contributed by atoms with van der Waals surface area (Å²) in [7, 11) is 0. The molecule has 0 amide bonds. The summed E-state index contributed by atoms with van der Waals surface area (Å²) in [5.74, 6) is 0. The molecule has 0 bridgehead atoms. The molecule has 0 N–H and O–H groups in total. The van der Waals surface area contributed by atoms with Crippen molar-refractivity contribution in [3.05, 3.63) is 0 Å². The van der Waals surface area contributed by atoms with Gasteiger partial charge in [-0.15, -0.1) is 0 Å². The van der Waals surface area contributed by atoms with Gasteiger partial charge >= 0.3 is 0 Å². The van der Waals surface area contributed by atoms with Crippen LogP contribution in [0.2, 0.25) is 0 Å². The highest BCUT2D eigenvalue weighted by atomic mass is 19.1. The van der Waals surface area contributed by atoms with E-state index in [1.165, 1.54) is 0 Å². The number of hydrogen-bond acceptors (Lipinski definition) is 1. The van der Waals surface area contributed by atoms with Gasteiger partial charge in [-0.05, 0) is 25.2 Å². The first kappa shape index (κ1) is 11.0. The number of rotatable bonds is 3.